The number of nitrogens with two attached hydrogens (primary N) is 1. The average molecular weight is 260 g/mol. The Hall–Kier alpha value is -2.13. The first-order chi connectivity index (χ1) is 9.15. The Bertz CT molecular complexity index is 524. The summed E-state index contributed by atoms with van der Waals surface area (Å²) in [6.45, 7) is 2.40. The maximum atomic E-state index is 10.8. The first kappa shape index (κ1) is 13.3. The van der Waals surface area contributed by atoms with E-state index in [9.17, 15) is 10.1 Å². The third kappa shape index (κ3) is 2.83. The molecule has 1 saturated heterocycles. The van der Waals surface area contributed by atoms with Crippen molar-refractivity contribution in [1.29, 1.82) is 5.26 Å². The molecule has 1 aromatic carbocycles. The van der Waals surface area contributed by atoms with E-state index in [-0.39, 0.29) is 11.3 Å². The molecule has 0 radical (unpaired) electrons. The van der Waals surface area contributed by atoms with Gasteiger partial charge in [-0.2, -0.15) is 5.26 Å². The van der Waals surface area contributed by atoms with Crippen LogP contribution in [-0.4, -0.2) is 24.6 Å². The molecule has 0 spiro atoms. The van der Waals surface area contributed by atoms with E-state index >= 15 is 0 Å². The first-order valence-electron chi connectivity index (χ1n) is 6.29. The van der Waals surface area contributed by atoms with Gasteiger partial charge in [0, 0.05) is 24.8 Å². The Morgan fingerprint density at radius 2 is 2.37 bits per heavy atom. The highest BCUT2D eigenvalue weighted by molar-refractivity contribution is 5.60. The minimum absolute atomic E-state index is 0.109. The largest absolute Gasteiger partial charge is 0.371 e. The number of nitro groups is 1. The summed E-state index contributed by atoms with van der Waals surface area (Å²) in [4.78, 5) is 12.4. The van der Waals surface area contributed by atoms with E-state index in [1.807, 2.05) is 6.07 Å². The lowest BCUT2D eigenvalue weighted by molar-refractivity contribution is -0.385. The molecule has 6 heteroatoms. The lowest BCUT2D eigenvalue weighted by Crippen LogP contribution is -2.38. The van der Waals surface area contributed by atoms with E-state index in [0.717, 1.165) is 31.6 Å². The Balaban J connectivity index is 2.26. The zero-order chi connectivity index (χ0) is 13.8. The van der Waals surface area contributed by atoms with Crippen LogP contribution in [0.15, 0.2) is 18.2 Å². The van der Waals surface area contributed by atoms with Gasteiger partial charge in [0.1, 0.15) is 11.6 Å². The number of benzene rings is 1. The van der Waals surface area contributed by atoms with E-state index in [1.165, 1.54) is 6.07 Å². The molecule has 1 heterocycles. The molecule has 0 amide bonds. The zero-order valence-corrected chi connectivity index (χ0v) is 10.6. The highest BCUT2D eigenvalue weighted by Gasteiger charge is 2.21. The number of hydrogen-bond donors (Lipinski definition) is 1. The smallest absolute Gasteiger partial charge is 0.287 e. The van der Waals surface area contributed by atoms with E-state index in [2.05, 4.69) is 4.90 Å². The third-order valence-electron chi connectivity index (χ3n) is 3.51. The average Bonchev–Trinajstić information content (AvgIpc) is 2.46. The molecule has 19 heavy (non-hydrogen) atoms. The van der Waals surface area contributed by atoms with Crippen molar-refractivity contribution < 1.29 is 4.92 Å². The zero-order valence-electron chi connectivity index (χ0n) is 10.6. The first-order valence-corrected chi connectivity index (χ1v) is 6.29. The lowest BCUT2D eigenvalue weighted by Gasteiger charge is -2.33. The minimum atomic E-state index is -0.527. The Morgan fingerprint density at radius 3 is 3.00 bits per heavy atom. The summed E-state index contributed by atoms with van der Waals surface area (Å²) < 4.78 is 0. The van der Waals surface area contributed by atoms with Crippen molar-refractivity contribution in [2.24, 2.45) is 11.7 Å². The van der Waals surface area contributed by atoms with Gasteiger partial charge in [-0.25, -0.2) is 0 Å². The van der Waals surface area contributed by atoms with Crippen LogP contribution in [0.25, 0.3) is 0 Å². The van der Waals surface area contributed by atoms with E-state index < -0.39 is 4.92 Å². The predicted molar refractivity (Wildman–Crippen MR) is 71.8 cm³/mol. The van der Waals surface area contributed by atoms with Crippen LogP contribution in [0.5, 0.6) is 0 Å². The van der Waals surface area contributed by atoms with Gasteiger partial charge < -0.3 is 10.6 Å². The maximum absolute atomic E-state index is 10.8. The van der Waals surface area contributed by atoms with Gasteiger partial charge in [0.05, 0.1) is 4.92 Å². The molecule has 2 rings (SSSR count). The quantitative estimate of drug-likeness (QED) is 0.658. The number of nitro benzene ring substituents is 1. The van der Waals surface area contributed by atoms with Crippen LogP contribution >= 0.6 is 0 Å². The van der Waals surface area contributed by atoms with Gasteiger partial charge in [0.25, 0.3) is 5.69 Å². The van der Waals surface area contributed by atoms with Crippen molar-refractivity contribution in [2.75, 3.05) is 24.5 Å². The molecule has 0 saturated carbocycles. The fourth-order valence-corrected chi connectivity index (χ4v) is 2.46. The molecular weight excluding hydrogens is 244 g/mol. The van der Waals surface area contributed by atoms with E-state index in [1.54, 1.807) is 12.1 Å². The summed E-state index contributed by atoms with van der Waals surface area (Å²) in [7, 11) is 0. The minimum Gasteiger partial charge on any atom is -0.371 e. The summed E-state index contributed by atoms with van der Waals surface area (Å²) >= 11 is 0. The molecule has 1 aromatic rings. The molecule has 1 aliphatic heterocycles. The molecule has 1 unspecified atom stereocenters. The van der Waals surface area contributed by atoms with Crippen molar-refractivity contribution in [1.82, 2.24) is 0 Å². The van der Waals surface area contributed by atoms with Crippen LogP contribution in [0, 0.1) is 27.4 Å². The van der Waals surface area contributed by atoms with Crippen LogP contribution in [0.4, 0.5) is 11.4 Å². The molecule has 1 aliphatic rings. The van der Waals surface area contributed by atoms with E-state index in [0.29, 0.717) is 12.5 Å². The van der Waals surface area contributed by atoms with Gasteiger partial charge in [0.15, 0.2) is 0 Å². The number of anilines is 1. The second-order valence-electron chi connectivity index (χ2n) is 4.76. The van der Waals surface area contributed by atoms with Crippen LogP contribution in [-0.2, 0) is 0 Å². The van der Waals surface area contributed by atoms with Crippen molar-refractivity contribution in [2.45, 2.75) is 12.8 Å². The summed E-state index contributed by atoms with van der Waals surface area (Å²) in [6.07, 6.45) is 2.17. The highest BCUT2D eigenvalue weighted by atomic mass is 16.6. The van der Waals surface area contributed by atoms with Crippen molar-refractivity contribution >= 4 is 11.4 Å². The predicted octanol–water partition coefficient (Wildman–Crippen LogP) is 1.64. The maximum Gasteiger partial charge on any atom is 0.287 e. The Kier molecular flexibility index (Phi) is 3.97. The SMILES string of the molecule is N#Cc1cc(N2CCCC(CN)C2)ccc1[N+](=O)[O-]. The molecular formula is C13H16N4O2. The molecule has 0 aromatic heterocycles. The van der Waals surface area contributed by atoms with Gasteiger partial charge >= 0.3 is 0 Å². The lowest BCUT2D eigenvalue weighted by atomic mass is 9.97. The van der Waals surface area contributed by atoms with Gasteiger partial charge in [-0.05, 0) is 37.4 Å². The summed E-state index contributed by atoms with van der Waals surface area (Å²) in [5, 5.41) is 19.8. The van der Waals surface area contributed by atoms with Crippen molar-refractivity contribution in [3.8, 4) is 6.07 Å². The fraction of sp³-hybridized carbons (Fsp3) is 0.462. The molecule has 1 atom stereocenters. The number of rotatable bonds is 3. The topological polar surface area (TPSA) is 96.2 Å². The van der Waals surface area contributed by atoms with Gasteiger partial charge in [-0.15, -0.1) is 0 Å². The second-order valence-corrected chi connectivity index (χ2v) is 4.76. The standard InChI is InChI=1S/C13H16N4O2/c14-7-10-2-1-5-16(9-10)12-3-4-13(17(18)19)11(6-12)8-15/h3-4,6,10H,1-2,5,7,9,14H2. The number of nitriles is 1. The van der Waals surface area contributed by atoms with Crippen LogP contribution in [0.2, 0.25) is 0 Å². The molecule has 2 N–H and O–H groups in total. The Labute approximate surface area is 111 Å². The number of hydrogen-bond acceptors (Lipinski definition) is 5. The number of piperidine rings is 1. The summed E-state index contributed by atoms with van der Waals surface area (Å²) in [5.41, 5.74) is 6.53. The van der Waals surface area contributed by atoms with Crippen LogP contribution in [0.1, 0.15) is 18.4 Å². The third-order valence-corrected chi connectivity index (χ3v) is 3.51. The highest BCUT2D eigenvalue weighted by Crippen LogP contribution is 2.27. The molecule has 0 bridgehead atoms. The number of nitrogens with zero attached hydrogens (tertiary/aromatic N) is 3. The molecule has 0 aliphatic carbocycles. The van der Waals surface area contributed by atoms with Crippen LogP contribution in [0.3, 0.4) is 0 Å². The second kappa shape index (κ2) is 5.67. The fourth-order valence-electron chi connectivity index (χ4n) is 2.46. The summed E-state index contributed by atoms with van der Waals surface area (Å²) in [5.74, 6) is 0.453. The molecule has 100 valence electrons. The van der Waals surface area contributed by atoms with Crippen LogP contribution < -0.4 is 10.6 Å². The van der Waals surface area contributed by atoms with Crippen molar-refractivity contribution in [3.05, 3.63) is 33.9 Å². The summed E-state index contributed by atoms with van der Waals surface area (Å²) in [6, 6.07) is 6.59. The van der Waals surface area contributed by atoms with E-state index in [4.69, 9.17) is 11.0 Å². The normalized spacial score (nSPS) is 18.9. The van der Waals surface area contributed by atoms with Crippen molar-refractivity contribution in [3.63, 3.8) is 0 Å². The monoisotopic (exact) mass is 260 g/mol. The molecule has 1 fully saturated rings. The molecule has 6 nitrogen and oxygen atoms in total. The van der Waals surface area contributed by atoms with Gasteiger partial charge in [0.2, 0.25) is 0 Å². The van der Waals surface area contributed by atoms with Gasteiger partial charge in [-0.1, -0.05) is 0 Å². The van der Waals surface area contributed by atoms with Gasteiger partial charge in [-0.3, -0.25) is 10.1 Å². The Morgan fingerprint density at radius 1 is 1.58 bits per heavy atom.